The number of fused-ring (bicyclic) bond motifs is 5. The largest absolute Gasteiger partial charge is 0.340 e. The Labute approximate surface area is 152 Å². The summed E-state index contributed by atoms with van der Waals surface area (Å²) in [6.45, 7) is 5.16. The summed E-state index contributed by atoms with van der Waals surface area (Å²) >= 11 is 0. The van der Waals surface area contributed by atoms with Crippen LogP contribution in [0.2, 0.25) is 0 Å². The van der Waals surface area contributed by atoms with Gasteiger partial charge in [0.25, 0.3) is 0 Å². The summed E-state index contributed by atoms with van der Waals surface area (Å²) in [5.74, 6) is 2.36. The zero-order valence-corrected chi connectivity index (χ0v) is 14.9. The van der Waals surface area contributed by atoms with Gasteiger partial charge in [-0.25, -0.2) is 4.98 Å². The maximum Gasteiger partial charge on any atom is 0.227 e. The molecule has 3 aromatic rings. The summed E-state index contributed by atoms with van der Waals surface area (Å²) in [4.78, 5) is 11.9. The zero-order valence-electron chi connectivity index (χ0n) is 14.9. The predicted molar refractivity (Wildman–Crippen MR) is 103 cm³/mol. The number of aromatic nitrogens is 4. The summed E-state index contributed by atoms with van der Waals surface area (Å²) in [7, 11) is 0. The number of piperidine rings is 1. The number of nitrogens with zero attached hydrogens (tertiary/aromatic N) is 4. The Hall–Kier alpha value is -2.67. The summed E-state index contributed by atoms with van der Waals surface area (Å²) in [6, 6.07) is 8.68. The third kappa shape index (κ3) is 2.99. The highest BCUT2D eigenvalue weighted by Gasteiger charge is 2.30. The number of aromatic amines is 1. The van der Waals surface area contributed by atoms with Crippen LogP contribution in [0.3, 0.4) is 0 Å². The van der Waals surface area contributed by atoms with Crippen molar-refractivity contribution in [1.82, 2.24) is 25.5 Å². The zero-order chi connectivity index (χ0) is 17.5. The molecule has 0 amide bonds. The number of aryl methyl sites for hydroxylation is 1. The van der Waals surface area contributed by atoms with Crippen molar-refractivity contribution in [3.05, 3.63) is 36.2 Å². The van der Waals surface area contributed by atoms with E-state index in [1.165, 1.54) is 12.8 Å². The van der Waals surface area contributed by atoms with E-state index in [4.69, 9.17) is 9.97 Å². The molecule has 3 N–H and O–H groups in total. The SMILES string of the molecule is Cc1cc(Nc2ccc3[nH]ncc3c2)nc(N2CC3CCC(C2)NC3)n1. The molecule has 6 rings (SSSR count). The van der Waals surface area contributed by atoms with Crippen molar-refractivity contribution < 1.29 is 0 Å². The summed E-state index contributed by atoms with van der Waals surface area (Å²) in [5, 5.41) is 15.2. The molecule has 3 saturated heterocycles. The fourth-order valence-corrected chi connectivity index (χ4v) is 4.03. The fourth-order valence-electron chi connectivity index (χ4n) is 4.03. The van der Waals surface area contributed by atoms with Crippen LogP contribution >= 0.6 is 0 Å². The minimum atomic E-state index is 0.553. The van der Waals surface area contributed by atoms with Crippen molar-refractivity contribution >= 4 is 28.4 Å². The number of benzene rings is 1. The van der Waals surface area contributed by atoms with Gasteiger partial charge in [0.1, 0.15) is 5.82 Å². The molecule has 26 heavy (non-hydrogen) atoms. The van der Waals surface area contributed by atoms with Crippen molar-refractivity contribution in [2.75, 3.05) is 29.9 Å². The van der Waals surface area contributed by atoms with Gasteiger partial charge in [0.15, 0.2) is 0 Å². The summed E-state index contributed by atoms with van der Waals surface area (Å²) < 4.78 is 0. The van der Waals surface area contributed by atoms with Crippen LogP contribution in [0, 0.1) is 12.8 Å². The molecule has 2 atom stereocenters. The minimum absolute atomic E-state index is 0.553. The topological polar surface area (TPSA) is 81.8 Å². The van der Waals surface area contributed by atoms with Gasteiger partial charge < -0.3 is 15.5 Å². The van der Waals surface area contributed by atoms with Crippen LogP contribution in [-0.4, -0.2) is 45.8 Å². The monoisotopic (exact) mass is 349 g/mol. The van der Waals surface area contributed by atoms with E-state index in [0.29, 0.717) is 12.0 Å². The molecular formula is C19H23N7. The molecule has 3 aliphatic rings. The number of rotatable bonds is 3. The van der Waals surface area contributed by atoms with Crippen molar-refractivity contribution in [1.29, 1.82) is 0 Å². The number of H-pyrrole nitrogens is 1. The lowest BCUT2D eigenvalue weighted by molar-refractivity contribution is 0.360. The summed E-state index contributed by atoms with van der Waals surface area (Å²) in [6.07, 6.45) is 4.38. The number of hydrogen-bond donors (Lipinski definition) is 3. The van der Waals surface area contributed by atoms with E-state index in [1.54, 1.807) is 0 Å². The van der Waals surface area contributed by atoms with Crippen LogP contribution in [0.25, 0.3) is 10.9 Å². The van der Waals surface area contributed by atoms with Crippen molar-refractivity contribution in [3.63, 3.8) is 0 Å². The third-order valence-electron chi connectivity index (χ3n) is 5.38. The van der Waals surface area contributed by atoms with E-state index in [-0.39, 0.29) is 0 Å². The second-order valence-electron chi connectivity index (χ2n) is 7.45. The van der Waals surface area contributed by atoms with Gasteiger partial charge in [0.05, 0.1) is 11.7 Å². The lowest BCUT2D eigenvalue weighted by Gasteiger charge is -2.23. The van der Waals surface area contributed by atoms with E-state index < -0.39 is 0 Å². The quantitative estimate of drug-likeness (QED) is 0.674. The average Bonchev–Trinajstić information content (AvgIpc) is 2.88. The van der Waals surface area contributed by atoms with E-state index in [2.05, 4.69) is 31.8 Å². The Bertz CT molecular complexity index is 913. The number of nitrogens with one attached hydrogen (secondary N) is 3. The highest BCUT2D eigenvalue weighted by Crippen LogP contribution is 2.26. The van der Waals surface area contributed by atoms with Crippen molar-refractivity contribution in [2.24, 2.45) is 5.92 Å². The fraction of sp³-hybridized carbons (Fsp3) is 0.421. The first-order valence-electron chi connectivity index (χ1n) is 9.27. The molecule has 0 aliphatic carbocycles. The van der Waals surface area contributed by atoms with Gasteiger partial charge in [-0.05, 0) is 50.4 Å². The molecule has 2 bridgehead atoms. The van der Waals surface area contributed by atoms with Gasteiger partial charge in [-0.15, -0.1) is 0 Å². The second kappa shape index (κ2) is 6.25. The number of hydrogen-bond acceptors (Lipinski definition) is 6. The van der Waals surface area contributed by atoms with Crippen molar-refractivity contribution in [3.8, 4) is 0 Å². The Morgan fingerprint density at radius 1 is 1.15 bits per heavy atom. The highest BCUT2D eigenvalue weighted by molar-refractivity contribution is 5.82. The normalized spacial score (nSPS) is 22.6. The Morgan fingerprint density at radius 2 is 2.12 bits per heavy atom. The van der Waals surface area contributed by atoms with Gasteiger partial charge in [0.2, 0.25) is 5.95 Å². The molecule has 0 spiro atoms. The standard InChI is InChI=1S/C19H23N7/c1-12-6-18(23-15-4-5-17-14(7-15)9-21-25-17)24-19(22-12)26-10-13-2-3-16(11-26)20-8-13/h4-7,9,13,16,20H,2-3,8,10-11H2,1H3,(H,21,25)(H,22,23,24). The molecule has 7 nitrogen and oxygen atoms in total. The Morgan fingerprint density at radius 3 is 3.00 bits per heavy atom. The maximum atomic E-state index is 4.81. The van der Waals surface area contributed by atoms with Gasteiger partial charge >= 0.3 is 0 Å². The molecule has 5 heterocycles. The first-order chi connectivity index (χ1) is 12.7. The van der Waals surface area contributed by atoms with Gasteiger partial charge in [-0.2, -0.15) is 10.1 Å². The van der Waals surface area contributed by atoms with Gasteiger partial charge in [-0.3, -0.25) is 5.10 Å². The van der Waals surface area contributed by atoms with E-state index in [1.807, 2.05) is 31.3 Å². The number of anilines is 3. The van der Waals surface area contributed by atoms with Crippen LogP contribution in [0.4, 0.5) is 17.5 Å². The second-order valence-corrected chi connectivity index (χ2v) is 7.45. The van der Waals surface area contributed by atoms with Gasteiger partial charge in [0, 0.05) is 42.0 Å². The maximum absolute atomic E-state index is 4.81. The molecule has 1 aromatic carbocycles. The molecule has 2 unspecified atom stereocenters. The van der Waals surface area contributed by atoms with Crippen molar-refractivity contribution in [2.45, 2.75) is 25.8 Å². The highest BCUT2D eigenvalue weighted by atomic mass is 15.3. The van der Waals surface area contributed by atoms with E-state index in [0.717, 1.165) is 53.7 Å². The molecule has 2 aromatic heterocycles. The summed E-state index contributed by atoms with van der Waals surface area (Å²) in [5.41, 5.74) is 3.01. The third-order valence-corrected chi connectivity index (χ3v) is 5.38. The Balaban J connectivity index is 1.42. The van der Waals surface area contributed by atoms with Crippen LogP contribution < -0.4 is 15.5 Å². The molecule has 134 valence electrons. The van der Waals surface area contributed by atoms with Gasteiger partial charge in [-0.1, -0.05) is 0 Å². The van der Waals surface area contributed by atoms with Crippen LogP contribution in [-0.2, 0) is 0 Å². The minimum Gasteiger partial charge on any atom is -0.340 e. The molecule has 7 heteroatoms. The molecular weight excluding hydrogens is 326 g/mol. The molecule has 0 saturated carbocycles. The first kappa shape index (κ1) is 15.6. The molecule has 3 fully saturated rings. The average molecular weight is 349 g/mol. The van der Waals surface area contributed by atoms with E-state index >= 15 is 0 Å². The van der Waals surface area contributed by atoms with Crippen LogP contribution in [0.1, 0.15) is 18.5 Å². The lowest BCUT2D eigenvalue weighted by Crippen LogP contribution is -2.39. The van der Waals surface area contributed by atoms with Crippen LogP contribution in [0.15, 0.2) is 30.5 Å². The predicted octanol–water partition coefficient (Wildman–Crippen LogP) is 2.59. The molecule has 0 radical (unpaired) electrons. The van der Waals surface area contributed by atoms with Crippen LogP contribution in [0.5, 0.6) is 0 Å². The first-order valence-corrected chi connectivity index (χ1v) is 9.27. The Kier molecular flexibility index (Phi) is 3.74. The lowest BCUT2D eigenvalue weighted by atomic mass is 9.97. The smallest absolute Gasteiger partial charge is 0.227 e. The molecule has 3 aliphatic heterocycles. The van der Waals surface area contributed by atoms with E-state index in [9.17, 15) is 0 Å².